The maximum atomic E-state index is 11.6. The van der Waals surface area contributed by atoms with Crippen molar-refractivity contribution in [2.45, 2.75) is 61.4 Å². The van der Waals surface area contributed by atoms with Gasteiger partial charge in [-0.15, -0.1) is 0 Å². The van der Waals surface area contributed by atoms with Crippen molar-refractivity contribution < 1.29 is 42.8 Å². The van der Waals surface area contributed by atoms with E-state index in [2.05, 4.69) is 31.6 Å². The predicted molar refractivity (Wildman–Crippen MR) is 216 cm³/mol. The normalized spacial score (nSPS) is 11.6. The molecule has 0 atom stereocenters. The average Bonchev–Trinajstić information content (AvgIpc) is 3.22. The first kappa shape index (κ1) is 42.8. The van der Waals surface area contributed by atoms with Crippen LogP contribution >= 0.6 is 0 Å². The molecule has 4 aromatic rings. The van der Waals surface area contributed by atoms with Gasteiger partial charge in [0.05, 0.1) is 37.0 Å². The van der Waals surface area contributed by atoms with Gasteiger partial charge in [-0.2, -0.15) is 15.3 Å². The molecule has 0 unspecified atom stereocenters. The number of carbonyl (C=O) groups excluding carboxylic acids is 3. The number of nitrogens with zero attached hydrogens (tertiary/aromatic N) is 3. The molecule has 0 aliphatic rings. The molecule has 0 aliphatic heterocycles. The Bertz CT molecular complexity index is 1790. The SMILES string of the molecule is CCOC(=O)N/N=C(\C)c1ccc(OCc2cc(COc3ccc(/C(C)=N/NC(=O)OCC)cc3)cc(COc3ccc(/C(C)=N/NC(=O)OCC)cc3)c2)cc1. The summed E-state index contributed by atoms with van der Waals surface area (Å²) in [7, 11) is 0. The van der Waals surface area contributed by atoms with Crippen LogP contribution in [0.2, 0.25) is 0 Å². The van der Waals surface area contributed by atoms with Crippen LogP contribution in [0.4, 0.5) is 14.4 Å². The second-order valence-corrected chi connectivity index (χ2v) is 12.2. The van der Waals surface area contributed by atoms with Crippen molar-refractivity contribution in [1.82, 2.24) is 16.3 Å². The third kappa shape index (κ3) is 14.7. The summed E-state index contributed by atoms with van der Waals surface area (Å²) in [5.41, 5.74) is 14.1. The molecule has 0 spiro atoms. The zero-order valence-electron chi connectivity index (χ0n) is 32.9. The van der Waals surface area contributed by atoms with Crippen molar-refractivity contribution in [3.05, 3.63) is 124 Å². The van der Waals surface area contributed by atoms with Gasteiger partial charge in [-0.25, -0.2) is 30.7 Å². The lowest BCUT2D eigenvalue weighted by Gasteiger charge is -2.14. The van der Waals surface area contributed by atoms with E-state index >= 15 is 0 Å². The predicted octanol–water partition coefficient (Wildman–Crippen LogP) is 7.83. The van der Waals surface area contributed by atoms with Gasteiger partial charge >= 0.3 is 18.3 Å². The van der Waals surface area contributed by atoms with Gasteiger partial charge in [-0.05, 0) is 166 Å². The molecule has 0 bridgehead atoms. The Hall–Kier alpha value is -6.90. The highest BCUT2D eigenvalue weighted by molar-refractivity contribution is 6.00. The summed E-state index contributed by atoms with van der Waals surface area (Å²) in [6.07, 6.45) is -1.85. The van der Waals surface area contributed by atoms with E-state index in [1.165, 1.54) is 0 Å². The smallest absolute Gasteiger partial charge is 0.427 e. The molecule has 4 aromatic carbocycles. The number of hydrogen-bond acceptors (Lipinski definition) is 12. The number of hydrogen-bond donors (Lipinski definition) is 3. The molecule has 0 aromatic heterocycles. The number of carbonyl (C=O) groups is 3. The van der Waals surface area contributed by atoms with Gasteiger partial charge in [0.2, 0.25) is 0 Å². The van der Waals surface area contributed by atoms with Crippen LogP contribution in [-0.2, 0) is 34.0 Å². The zero-order chi connectivity index (χ0) is 41.0. The highest BCUT2D eigenvalue weighted by Crippen LogP contribution is 2.21. The Kier molecular flexibility index (Phi) is 16.9. The highest BCUT2D eigenvalue weighted by atomic mass is 16.6. The first-order valence-electron chi connectivity index (χ1n) is 18.3. The molecule has 0 fully saturated rings. The van der Waals surface area contributed by atoms with E-state index in [-0.39, 0.29) is 39.6 Å². The van der Waals surface area contributed by atoms with Crippen LogP contribution in [0.1, 0.15) is 74.9 Å². The fourth-order valence-corrected chi connectivity index (χ4v) is 5.04. The van der Waals surface area contributed by atoms with E-state index in [0.717, 1.165) is 33.4 Å². The quantitative estimate of drug-likeness (QED) is 0.0515. The van der Waals surface area contributed by atoms with Crippen LogP contribution in [-0.4, -0.2) is 55.2 Å². The van der Waals surface area contributed by atoms with Gasteiger partial charge in [-0.3, -0.25) is 0 Å². The minimum Gasteiger partial charge on any atom is -0.489 e. The second-order valence-electron chi connectivity index (χ2n) is 12.2. The van der Waals surface area contributed by atoms with Crippen LogP contribution in [0, 0.1) is 0 Å². The molecule has 57 heavy (non-hydrogen) atoms. The number of benzene rings is 4. The van der Waals surface area contributed by atoms with Crippen molar-refractivity contribution in [3.63, 3.8) is 0 Å². The molecule has 300 valence electrons. The van der Waals surface area contributed by atoms with Gasteiger partial charge in [0.25, 0.3) is 0 Å². The first-order valence-corrected chi connectivity index (χ1v) is 18.3. The van der Waals surface area contributed by atoms with Crippen LogP contribution in [0.5, 0.6) is 17.2 Å². The number of amides is 3. The summed E-state index contributed by atoms with van der Waals surface area (Å²) >= 11 is 0. The van der Waals surface area contributed by atoms with Crippen LogP contribution < -0.4 is 30.5 Å². The summed E-state index contributed by atoms with van der Waals surface area (Å²) in [4.78, 5) is 34.8. The molecular formula is C42H48N6O9. The minimum absolute atomic E-state index is 0.254. The molecule has 0 saturated carbocycles. The number of hydrazone groups is 3. The minimum atomic E-state index is -0.616. The summed E-state index contributed by atoms with van der Waals surface area (Å²) in [6, 6.07) is 28.2. The topological polar surface area (TPSA) is 180 Å². The average molecular weight is 781 g/mol. The lowest BCUT2D eigenvalue weighted by Crippen LogP contribution is -2.20. The van der Waals surface area contributed by atoms with Crippen LogP contribution in [0.15, 0.2) is 106 Å². The van der Waals surface area contributed by atoms with Crippen molar-refractivity contribution >= 4 is 35.4 Å². The summed E-state index contributed by atoms with van der Waals surface area (Å²) in [5, 5.41) is 12.2. The van der Waals surface area contributed by atoms with E-state index in [1.807, 2.05) is 91.0 Å². The lowest BCUT2D eigenvalue weighted by atomic mass is 10.1. The van der Waals surface area contributed by atoms with Crippen molar-refractivity contribution in [2.75, 3.05) is 19.8 Å². The Labute approximate surface area is 332 Å². The van der Waals surface area contributed by atoms with Gasteiger partial charge in [-0.1, -0.05) is 0 Å². The van der Waals surface area contributed by atoms with Gasteiger partial charge in [0.15, 0.2) is 0 Å². The first-order chi connectivity index (χ1) is 27.6. The highest BCUT2D eigenvalue weighted by Gasteiger charge is 2.09. The molecule has 15 heteroatoms. The third-order valence-electron chi connectivity index (χ3n) is 7.92. The number of rotatable bonds is 18. The molecule has 4 rings (SSSR count). The van der Waals surface area contributed by atoms with E-state index in [4.69, 9.17) is 28.4 Å². The van der Waals surface area contributed by atoms with Gasteiger partial charge in [0, 0.05) is 0 Å². The monoisotopic (exact) mass is 780 g/mol. The summed E-state index contributed by atoms with van der Waals surface area (Å²) in [5.74, 6) is 1.95. The van der Waals surface area contributed by atoms with E-state index in [0.29, 0.717) is 34.4 Å². The Balaban J connectivity index is 1.45. The Morgan fingerprint density at radius 3 is 0.912 bits per heavy atom. The van der Waals surface area contributed by atoms with Crippen LogP contribution in [0.3, 0.4) is 0 Å². The zero-order valence-corrected chi connectivity index (χ0v) is 32.9. The van der Waals surface area contributed by atoms with E-state index in [9.17, 15) is 14.4 Å². The Morgan fingerprint density at radius 1 is 0.439 bits per heavy atom. The molecule has 0 saturated heterocycles. The number of ether oxygens (including phenoxy) is 6. The molecule has 3 amide bonds. The lowest BCUT2D eigenvalue weighted by molar-refractivity contribution is 0.151. The number of nitrogens with one attached hydrogen (secondary N) is 3. The summed E-state index contributed by atoms with van der Waals surface area (Å²) in [6.45, 7) is 12.1. The fourth-order valence-electron chi connectivity index (χ4n) is 5.04. The van der Waals surface area contributed by atoms with Crippen molar-refractivity contribution in [3.8, 4) is 17.2 Å². The second kappa shape index (κ2) is 22.5. The molecule has 0 radical (unpaired) electrons. The standard InChI is InChI=1S/C42H48N6O9/c1-7-52-40(49)46-43-28(4)34-10-16-37(17-11-34)55-25-31-22-32(26-56-38-18-12-35(13-19-38)29(5)44-47-41(50)53-8-2)24-33(23-31)27-57-39-20-14-36(15-21-39)30(6)45-48-42(51)54-9-3/h10-24H,7-9,25-27H2,1-6H3,(H,46,49)(H,47,50)(H,48,51)/b43-28+,44-29+,45-30+. The van der Waals surface area contributed by atoms with Crippen molar-refractivity contribution in [2.24, 2.45) is 15.3 Å². The molecule has 3 N–H and O–H groups in total. The maximum absolute atomic E-state index is 11.6. The Morgan fingerprint density at radius 2 is 0.684 bits per heavy atom. The van der Waals surface area contributed by atoms with Gasteiger partial charge in [0.1, 0.15) is 37.1 Å². The third-order valence-corrected chi connectivity index (χ3v) is 7.92. The van der Waals surface area contributed by atoms with Crippen LogP contribution in [0.25, 0.3) is 0 Å². The van der Waals surface area contributed by atoms with Gasteiger partial charge < -0.3 is 28.4 Å². The molecule has 15 nitrogen and oxygen atoms in total. The molecule has 0 heterocycles. The largest absolute Gasteiger partial charge is 0.489 e. The summed E-state index contributed by atoms with van der Waals surface area (Å²) < 4.78 is 33.0. The molecular weight excluding hydrogens is 732 g/mol. The fraction of sp³-hybridized carbons (Fsp3) is 0.286. The van der Waals surface area contributed by atoms with E-state index in [1.54, 1.807) is 41.5 Å². The van der Waals surface area contributed by atoms with E-state index < -0.39 is 18.3 Å². The maximum Gasteiger partial charge on any atom is 0.427 e. The van der Waals surface area contributed by atoms with Crippen molar-refractivity contribution in [1.29, 1.82) is 0 Å². The molecule has 0 aliphatic carbocycles.